The molecule has 7 nitrogen and oxygen atoms in total. The molecule has 2 N–H and O–H groups in total. The molecule has 2 aromatic heterocycles. The molecule has 4 rings (SSSR count). The molecule has 0 unspecified atom stereocenters. The zero-order chi connectivity index (χ0) is 19.3. The average molecular weight is 400 g/mol. The number of hydrogen-bond acceptors (Lipinski definition) is 7. The molecule has 2 aromatic carbocycles. The molecule has 2 heterocycles. The Hall–Kier alpha value is -2.87. The molecule has 144 valence electrons. The van der Waals surface area contributed by atoms with Gasteiger partial charge in [-0.05, 0) is 42.0 Å². The molecule has 0 aliphatic heterocycles. The summed E-state index contributed by atoms with van der Waals surface area (Å²) < 4.78 is 16.2. The topological polar surface area (TPSA) is 93.5 Å². The Bertz CT molecular complexity index is 1050. The van der Waals surface area contributed by atoms with Crippen molar-refractivity contribution >= 4 is 22.6 Å². The predicted octanol–water partition coefficient (Wildman–Crippen LogP) is 3.84. The van der Waals surface area contributed by atoms with E-state index in [1.807, 2.05) is 36.4 Å². The van der Waals surface area contributed by atoms with E-state index in [4.69, 9.17) is 25.3 Å². The molecule has 1 atom stereocenters. The minimum atomic E-state index is -0.621. The number of hydrogen-bond donors (Lipinski definition) is 2. The summed E-state index contributed by atoms with van der Waals surface area (Å²) in [6.07, 6.45) is 0.637. The fourth-order valence-corrected chi connectivity index (χ4v) is 3.01. The quantitative estimate of drug-likeness (QED) is 0.435. The highest BCUT2D eigenvalue weighted by molar-refractivity contribution is 6.30. The van der Waals surface area contributed by atoms with Crippen molar-refractivity contribution in [1.82, 2.24) is 15.5 Å². The molecule has 0 radical (unpaired) electrons. The molecular formula is C20H18ClN3O4. The lowest BCUT2D eigenvalue weighted by Crippen LogP contribution is -2.26. The molecule has 0 saturated heterocycles. The third kappa shape index (κ3) is 4.33. The van der Waals surface area contributed by atoms with Crippen LogP contribution >= 0.6 is 11.6 Å². The third-order valence-corrected chi connectivity index (χ3v) is 4.42. The summed E-state index contributed by atoms with van der Waals surface area (Å²) in [5.74, 6) is 1.67. The van der Waals surface area contributed by atoms with E-state index in [9.17, 15) is 5.11 Å². The van der Waals surface area contributed by atoms with Crippen LogP contribution in [0.1, 0.15) is 11.7 Å². The summed E-state index contributed by atoms with van der Waals surface area (Å²) in [6, 6.07) is 14.6. The van der Waals surface area contributed by atoms with Crippen molar-refractivity contribution in [3.63, 3.8) is 0 Å². The van der Waals surface area contributed by atoms with Gasteiger partial charge in [0.15, 0.2) is 5.76 Å². The van der Waals surface area contributed by atoms with E-state index < -0.39 is 6.10 Å². The molecule has 8 heteroatoms. The number of halogens is 1. The second-order valence-electron chi connectivity index (χ2n) is 6.19. The Morgan fingerprint density at radius 1 is 1.18 bits per heavy atom. The summed E-state index contributed by atoms with van der Waals surface area (Å²) in [7, 11) is 0. The molecule has 28 heavy (non-hydrogen) atoms. The number of nitrogens with zero attached hydrogens (tertiary/aromatic N) is 2. The molecule has 0 bridgehead atoms. The fraction of sp³-hybridized carbons (Fsp3) is 0.200. The summed E-state index contributed by atoms with van der Waals surface area (Å²) in [5.41, 5.74) is 1.50. The predicted molar refractivity (Wildman–Crippen MR) is 104 cm³/mol. The van der Waals surface area contributed by atoms with Crippen LogP contribution in [-0.4, -0.2) is 34.9 Å². The number of fused-ring (bicyclic) bond motifs is 1. The largest absolute Gasteiger partial charge is 0.492 e. The van der Waals surface area contributed by atoms with Gasteiger partial charge in [0.1, 0.15) is 17.9 Å². The smallest absolute Gasteiger partial charge is 0.237 e. The van der Waals surface area contributed by atoms with Crippen molar-refractivity contribution in [2.45, 2.75) is 6.10 Å². The molecule has 0 amide bonds. The number of aromatic nitrogens is 2. The first-order valence-corrected chi connectivity index (χ1v) is 9.14. The first-order chi connectivity index (χ1) is 13.7. The van der Waals surface area contributed by atoms with E-state index in [0.29, 0.717) is 36.3 Å². The molecule has 0 saturated carbocycles. The number of nitrogens with one attached hydrogen (secondary N) is 1. The lowest BCUT2D eigenvalue weighted by molar-refractivity contribution is 0.172. The van der Waals surface area contributed by atoms with E-state index in [-0.39, 0.29) is 0 Å². The van der Waals surface area contributed by atoms with E-state index in [2.05, 4.69) is 15.5 Å². The zero-order valence-electron chi connectivity index (χ0n) is 14.8. The maximum atomic E-state index is 10.2. The van der Waals surface area contributed by atoms with Crippen LogP contribution in [0.25, 0.3) is 22.6 Å². The van der Waals surface area contributed by atoms with Crippen molar-refractivity contribution in [2.24, 2.45) is 0 Å². The van der Waals surface area contributed by atoms with Crippen LogP contribution in [0.2, 0.25) is 5.02 Å². The van der Waals surface area contributed by atoms with Crippen LogP contribution in [0.3, 0.4) is 0 Å². The van der Waals surface area contributed by atoms with Gasteiger partial charge < -0.3 is 24.1 Å². The molecule has 0 spiro atoms. The van der Waals surface area contributed by atoms with Gasteiger partial charge in [-0.3, -0.25) is 0 Å². The summed E-state index contributed by atoms with van der Waals surface area (Å²) >= 11 is 5.94. The minimum Gasteiger partial charge on any atom is -0.492 e. The summed E-state index contributed by atoms with van der Waals surface area (Å²) in [4.78, 5) is 3.98. The van der Waals surface area contributed by atoms with Gasteiger partial charge in [0.25, 0.3) is 0 Å². The zero-order valence-corrected chi connectivity index (χ0v) is 15.6. The van der Waals surface area contributed by atoms with Crippen molar-refractivity contribution < 1.29 is 18.8 Å². The van der Waals surface area contributed by atoms with Gasteiger partial charge in [0.05, 0.1) is 6.10 Å². The number of benzene rings is 2. The van der Waals surface area contributed by atoms with Crippen LogP contribution in [-0.2, 0) is 0 Å². The first kappa shape index (κ1) is 18.5. The first-order valence-electron chi connectivity index (χ1n) is 8.76. The van der Waals surface area contributed by atoms with Crippen molar-refractivity contribution in [2.75, 3.05) is 19.7 Å². The molecule has 0 aliphatic carbocycles. The lowest BCUT2D eigenvalue weighted by atomic mass is 10.1. The normalized spacial score (nSPS) is 12.4. The van der Waals surface area contributed by atoms with Crippen LogP contribution in [0.15, 0.2) is 63.9 Å². The SMILES string of the molecule is O[C@@H](CNCCOc1ccc2oc(-c3ncon3)cc2c1)c1cccc(Cl)c1. The van der Waals surface area contributed by atoms with Crippen LogP contribution < -0.4 is 10.1 Å². The number of aliphatic hydroxyl groups excluding tert-OH is 1. The maximum Gasteiger partial charge on any atom is 0.237 e. The Labute approximate surface area is 165 Å². The van der Waals surface area contributed by atoms with Gasteiger partial charge >= 0.3 is 0 Å². The van der Waals surface area contributed by atoms with Crippen LogP contribution in [0.4, 0.5) is 0 Å². The lowest BCUT2D eigenvalue weighted by Gasteiger charge is -2.13. The fourth-order valence-electron chi connectivity index (χ4n) is 2.81. The average Bonchev–Trinajstić information content (AvgIpc) is 3.36. The van der Waals surface area contributed by atoms with Gasteiger partial charge in [-0.1, -0.05) is 28.9 Å². The third-order valence-electron chi connectivity index (χ3n) is 4.19. The number of ether oxygens (including phenoxy) is 1. The molecule has 4 aromatic rings. The monoisotopic (exact) mass is 399 g/mol. The van der Waals surface area contributed by atoms with E-state index in [0.717, 1.165) is 22.3 Å². The van der Waals surface area contributed by atoms with E-state index in [1.54, 1.807) is 12.1 Å². The number of aliphatic hydroxyl groups is 1. The van der Waals surface area contributed by atoms with Gasteiger partial charge in [-0.15, -0.1) is 0 Å². The molecular weight excluding hydrogens is 382 g/mol. The Balaban J connectivity index is 1.27. The van der Waals surface area contributed by atoms with Gasteiger partial charge in [-0.25, -0.2) is 0 Å². The molecule has 0 fully saturated rings. The Morgan fingerprint density at radius 3 is 2.93 bits per heavy atom. The second kappa shape index (κ2) is 8.43. The number of rotatable bonds is 8. The number of furan rings is 1. The summed E-state index contributed by atoms with van der Waals surface area (Å²) in [6.45, 7) is 1.47. The second-order valence-corrected chi connectivity index (χ2v) is 6.62. The van der Waals surface area contributed by atoms with Crippen molar-refractivity contribution in [3.8, 4) is 17.3 Å². The van der Waals surface area contributed by atoms with Crippen LogP contribution in [0, 0.1) is 0 Å². The molecule has 0 aliphatic rings. The van der Waals surface area contributed by atoms with E-state index in [1.165, 1.54) is 6.39 Å². The highest BCUT2D eigenvalue weighted by Gasteiger charge is 2.11. The van der Waals surface area contributed by atoms with E-state index >= 15 is 0 Å². The van der Waals surface area contributed by atoms with Crippen molar-refractivity contribution in [3.05, 3.63) is 65.5 Å². The van der Waals surface area contributed by atoms with Gasteiger partial charge in [0, 0.05) is 23.5 Å². The Kier molecular flexibility index (Phi) is 5.57. The van der Waals surface area contributed by atoms with Crippen molar-refractivity contribution in [1.29, 1.82) is 0 Å². The highest BCUT2D eigenvalue weighted by Crippen LogP contribution is 2.28. The van der Waals surface area contributed by atoms with Gasteiger partial charge in [-0.2, -0.15) is 4.98 Å². The highest BCUT2D eigenvalue weighted by atomic mass is 35.5. The maximum absolute atomic E-state index is 10.2. The minimum absolute atomic E-state index is 0.404. The Morgan fingerprint density at radius 2 is 2.11 bits per heavy atom. The van der Waals surface area contributed by atoms with Gasteiger partial charge in [0.2, 0.25) is 12.2 Å². The summed E-state index contributed by atoms with van der Waals surface area (Å²) in [5, 5.41) is 18.6. The standard InChI is InChI=1S/C20H18ClN3O4/c21-15-3-1-2-13(8-15)17(25)11-22-6-7-26-16-4-5-18-14(9-16)10-19(28-18)20-23-12-27-24-20/h1-5,8-10,12,17,22,25H,6-7,11H2/t17-/m0/s1. The van der Waals surface area contributed by atoms with Crippen LogP contribution in [0.5, 0.6) is 5.75 Å².